The molecule has 2 aliphatic carbocycles. The van der Waals surface area contributed by atoms with Gasteiger partial charge in [-0.25, -0.2) is 0 Å². The van der Waals surface area contributed by atoms with E-state index >= 15 is 0 Å². The van der Waals surface area contributed by atoms with E-state index in [4.69, 9.17) is 9.84 Å². The van der Waals surface area contributed by atoms with Crippen LogP contribution in [0.25, 0.3) is 0 Å². The molecular weight excluding hydrogens is 328 g/mol. The number of aliphatic carboxylic acids is 1. The average molecular weight is 365 g/mol. The Labute approximate surface area is 158 Å². The molecular formula is C22H36O4. The van der Waals surface area contributed by atoms with E-state index in [2.05, 4.69) is 27.4 Å². The lowest BCUT2D eigenvalue weighted by Crippen LogP contribution is -2.55. The van der Waals surface area contributed by atoms with Crippen LogP contribution in [0.3, 0.4) is 0 Å². The molecule has 0 aliphatic heterocycles. The van der Waals surface area contributed by atoms with Gasteiger partial charge in [0.1, 0.15) is 6.10 Å². The first-order valence-electron chi connectivity index (χ1n) is 10.0. The van der Waals surface area contributed by atoms with Gasteiger partial charge in [0.15, 0.2) is 0 Å². The monoisotopic (exact) mass is 364 g/mol. The molecule has 2 saturated carbocycles. The maximum absolute atomic E-state index is 11.5. The molecule has 0 aromatic rings. The van der Waals surface area contributed by atoms with Crippen LogP contribution in [0.5, 0.6) is 0 Å². The summed E-state index contributed by atoms with van der Waals surface area (Å²) in [4.78, 5) is 22.5. The molecule has 4 heteroatoms. The minimum absolute atomic E-state index is 0.0176. The van der Waals surface area contributed by atoms with E-state index in [1.54, 1.807) is 0 Å². The summed E-state index contributed by atoms with van der Waals surface area (Å²) in [6, 6.07) is 0. The molecule has 0 aromatic carbocycles. The summed E-state index contributed by atoms with van der Waals surface area (Å²) in [6.07, 6.45) is 6.20. The van der Waals surface area contributed by atoms with Crippen molar-refractivity contribution in [1.29, 1.82) is 0 Å². The van der Waals surface area contributed by atoms with Crippen molar-refractivity contribution < 1.29 is 19.4 Å². The Balaban J connectivity index is 2.17. The molecule has 0 saturated heterocycles. The van der Waals surface area contributed by atoms with Gasteiger partial charge >= 0.3 is 11.9 Å². The second-order valence-corrected chi connectivity index (χ2v) is 9.55. The van der Waals surface area contributed by atoms with Crippen molar-refractivity contribution in [3.05, 3.63) is 12.2 Å². The Bertz CT molecular complexity index is 564. The number of hydrogen-bond acceptors (Lipinski definition) is 3. The second-order valence-electron chi connectivity index (χ2n) is 9.55. The Morgan fingerprint density at radius 1 is 1.31 bits per heavy atom. The van der Waals surface area contributed by atoms with Crippen LogP contribution in [-0.4, -0.2) is 23.1 Å². The average Bonchev–Trinajstić information content (AvgIpc) is 2.48. The zero-order valence-electron chi connectivity index (χ0n) is 17.1. The third-order valence-corrected chi connectivity index (χ3v) is 7.29. The lowest BCUT2D eigenvalue weighted by Gasteiger charge is -2.60. The molecule has 26 heavy (non-hydrogen) atoms. The number of hydrogen-bond donors (Lipinski definition) is 1. The predicted molar refractivity (Wildman–Crippen MR) is 103 cm³/mol. The molecule has 4 nitrogen and oxygen atoms in total. The molecule has 0 spiro atoms. The standard InChI is InChI=1S/C22H36O4/c1-14(13-20(24)25)7-9-17-15(2)8-10-18-21(4,5)19(26-16(3)23)11-12-22(17,18)6/h14,17-19H,2,7-13H2,1,3-6H3,(H,24,25)/t14-,17+,18+,19-,22-/m0/s1. The molecule has 1 N–H and O–H groups in total. The topological polar surface area (TPSA) is 63.6 Å². The summed E-state index contributed by atoms with van der Waals surface area (Å²) in [6.45, 7) is 14.8. The number of carbonyl (C=O) groups is 2. The molecule has 5 atom stereocenters. The molecule has 2 fully saturated rings. The number of carboxylic acids is 1. The Morgan fingerprint density at radius 3 is 2.54 bits per heavy atom. The van der Waals surface area contributed by atoms with Gasteiger partial charge in [-0.05, 0) is 61.7 Å². The SMILES string of the molecule is C=C1CC[C@@H]2C(C)(C)[C@@H](OC(C)=O)CC[C@@]2(C)[C@@H]1CC[C@H](C)CC(=O)O. The van der Waals surface area contributed by atoms with Crippen LogP contribution in [-0.2, 0) is 14.3 Å². The van der Waals surface area contributed by atoms with Gasteiger partial charge < -0.3 is 9.84 Å². The number of rotatable bonds is 6. The van der Waals surface area contributed by atoms with E-state index in [0.29, 0.717) is 11.8 Å². The van der Waals surface area contributed by atoms with Gasteiger partial charge in [-0.3, -0.25) is 9.59 Å². The molecule has 0 bridgehead atoms. The quantitative estimate of drug-likeness (QED) is 0.518. The fourth-order valence-electron chi connectivity index (χ4n) is 5.95. The summed E-state index contributed by atoms with van der Waals surface area (Å²) in [5.74, 6) is 0.195. The Morgan fingerprint density at radius 2 is 1.96 bits per heavy atom. The van der Waals surface area contributed by atoms with Crippen molar-refractivity contribution in [2.45, 2.75) is 85.7 Å². The summed E-state index contributed by atoms with van der Waals surface area (Å²) >= 11 is 0. The van der Waals surface area contributed by atoms with Crippen LogP contribution in [0.2, 0.25) is 0 Å². The number of carboxylic acid groups (broad SMARTS) is 1. The van der Waals surface area contributed by atoms with Crippen LogP contribution >= 0.6 is 0 Å². The van der Waals surface area contributed by atoms with Gasteiger partial charge in [0, 0.05) is 18.8 Å². The number of allylic oxidation sites excluding steroid dienone is 1. The van der Waals surface area contributed by atoms with E-state index in [-0.39, 0.29) is 35.2 Å². The van der Waals surface area contributed by atoms with Crippen LogP contribution in [0.15, 0.2) is 12.2 Å². The molecule has 0 unspecified atom stereocenters. The van der Waals surface area contributed by atoms with Crippen LogP contribution in [0.4, 0.5) is 0 Å². The number of ether oxygens (including phenoxy) is 1. The zero-order valence-corrected chi connectivity index (χ0v) is 17.1. The maximum Gasteiger partial charge on any atom is 0.303 e. The first kappa shape index (κ1) is 21.0. The van der Waals surface area contributed by atoms with E-state index in [9.17, 15) is 9.59 Å². The molecule has 0 aromatic heterocycles. The largest absolute Gasteiger partial charge is 0.481 e. The second kappa shape index (κ2) is 7.74. The van der Waals surface area contributed by atoms with E-state index in [1.165, 1.54) is 12.5 Å². The van der Waals surface area contributed by atoms with Gasteiger partial charge in [-0.15, -0.1) is 0 Å². The molecule has 2 rings (SSSR count). The summed E-state index contributed by atoms with van der Waals surface area (Å²) in [5.41, 5.74) is 1.43. The van der Waals surface area contributed by atoms with Crippen LogP contribution < -0.4 is 0 Å². The van der Waals surface area contributed by atoms with Crippen LogP contribution in [0.1, 0.15) is 79.6 Å². The Kier molecular flexibility index (Phi) is 6.24. The van der Waals surface area contributed by atoms with Crippen molar-refractivity contribution in [3.8, 4) is 0 Å². The summed E-state index contributed by atoms with van der Waals surface area (Å²) in [7, 11) is 0. The number of carbonyl (C=O) groups excluding carboxylic acids is 1. The van der Waals surface area contributed by atoms with Gasteiger partial charge in [-0.2, -0.15) is 0 Å². The first-order chi connectivity index (χ1) is 12.0. The number of fused-ring (bicyclic) bond motifs is 1. The van der Waals surface area contributed by atoms with E-state index < -0.39 is 5.97 Å². The Hall–Kier alpha value is -1.32. The highest BCUT2D eigenvalue weighted by molar-refractivity contribution is 5.67. The minimum atomic E-state index is -0.716. The first-order valence-corrected chi connectivity index (χ1v) is 10.0. The van der Waals surface area contributed by atoms with Gasteiger partial charge in [-0.1, -0.05) is 39.8 Å². The predicted octanol–water partition coefficient (Wildman–Crippen LogP) is 5.22. The lowest BCUT2D eigenvalue weighted by molar-refractivity contribution is -0.174. The van der Waals surface area contributed by atoms with E-state index in [1.807, 2.05) is 6.92 Å². The molecule has 0 amide bonds. The highest BCUT2D eigenvalue weighted by Crippen LogP contribution is 2.62. The van der Waals surface area contributed by atoms with Gasteiger partial charge in [0.05, 0.1) is 0 Å². The number of esters is 1. The third-order valence-electron chi connectivity index (χ3n) is 7.29. The normalized spacial score (nSPS) is 34.7. The third kappa shape index (κ3) is 4.15. The molecule has 148 valence electrons. The summed E-state index contributed by atoms with van der Waals surface area (Å²) < 4.78 is 5.68. The van der Waals surface area contributed by atoms with Crippen molar-refractivity contribution >= 4 is 11.9 Å². The fourth-order valence-corrected chi connectivity index (χ4v) is 5.95. The molecule has 0 heterocycles. The van der Waals surface area contributed by atoms with Crippen molar-refractivity contribution in [2.75, 3.05) is 0 Å². The highest BCUT2D eigenvalue weighted by atomic mass is 16.5. The zero-order chi connectivity index (χ0) is 19.7. The van der Waals surface area contributed by atoms with Crippen molar-refractivity contribution in [2.24, 2.45) is 28.6 Å². The summed E-state index contributed by atoms with van der Waals surface area (Å²) in [5, 5.41) is 9.02. The van der Waals surface area contributed by atoms with Gasteiger partial charge in [0.2, 0.25) is 0 Å². The fraction of sp³-hybridized carbons (Fsp3) is 0.818. The minimum Gasteiger partial charge on any atom is -0.481 e. The highest BCUT2D eigenvalue weighted by Gasteiger charge is 2.56. The van der Waals surface area contributed by atoms with Crippen LogP contribution in [0, 0.1) is 28.6 Å². The smallest absolute Gasteiger partial charge is 0.303 e. The van der Waals surface area contributed by atoms with E-state index in [0.717, 1.165) is 38.5 Å². The lowest BCUT2D eigenvalue weighted by atomic mass is 9.46. The molecule has 0 radical (unpaired) electrons. The van der Waals surface area contributed by atoms with Crippen molar-refractivity contribution in [1.82, 2.24) is 0 Å². The van der Waals surface area contributed by atoms with Gasteiger partial charge in [0.25, 0.3) is 0 Å². The maximum atomic E-state index is 11.5. The molecule has 2 aliphatic rings. The van der Waals surface area contributed by atoms with Crippen molar-refractivity contribution in [3.63, 3.8) is 0 Å².